The molecule has 3 rings (SSSR count). The molecule has 6 heteroatoms. The smallest absolute Gasteiger partial charge is 0.227 e. The van der Waals surface area contributed by atoms with Crippen LogP contribution in [0.2, 0.25) is 0 Å². The van der Waals surface area contributed by atoms with E-state index in [-0.39, 0.29) is 23.7 Å². The van der Waals surface area contributed by atoms with Gasteiger partial charge in [0.05, 0.1) is 5.41 Å². The Labute approximate surface area is 151 Å². The first-order valence-corrected chi connectivity index (χ1v) is 9.44. The van der Waals surface area contributed by atoms with Crippen molar-refractivity contribution in [1.29, 1.82) is 0 Å². The molecular weight excluding hydrogens is 370 g/mol. The van der Waals surface area contributed by atoms with Gasteiger partial charge in [-0.25, -0.2) is 0 Å². The van der Waals surface area contributed by atoms with E-state index in [0.29, 0.717) is 12.5 Å². The summed E-state index contributed by atoms with van der Waals surface area (Å²) in [5.41, 5.74) is 0.515. The Morgan fingerprint density at radius 3 is 2.83 bits per heavy atom. The van der Waals surface area contributed by atoms with Crippen molar-refractivity contribution >= 4 is 33.4 Å². The van der Waals surface area contributed by atoms with Crippen LogP contribution in [0.1, 0.15) is 32.1 Å². The number of fused-ring (bicyclic) bond motifs is 1. The van der Waals surface area contributed by atoms with Gasteiger partial charge < -0.3 is 16.0 Å². The number of carbonyl (C=O) groups excluding carboxylic acids is 2. The van der Waals surface area contributed by atoms with Crippen LogP contribution >= 0.6 is 15.9 Å². The number of halogens is 1. The first-order chi connectivity index (χ1) is 11.6. The van der Waals surface area contributed by atoms with Crippen molar-refractivity contribution in [2.75, 3.05) is 25.0 Å². The van der Waals surface area contributed by atoms with Crippen LogP contribution in [-0.4, -0.2) is 31.4 Å². The van der Waals surface area contributed by atoms with E-state index >= 15 is 0 Å². The molecular formula is C18H24BrN3O2. The molecule has 0 aromatic heterocycles. The predicted molar refractivity (Wildman–Crippen MR) is 97.7 cm³/mol. The highest BCUT2D eigenvalue weighted by atomic mass is 79.9. The van der Waals surface area contributed by atoms with Crippen molar-refractivity contribution in [1.82, 2.24) is 10.6 Å². The molecule has 0 spiro atoms. The minimum atomic E-state index is -0.250. The van der Waals surface area contributed by atoms with Crippen molar-refractivity contribution in [3.8, 4) is 0 Å². The summed E-state index contributed by atoms with van der Waals surface area (Å²) in [6.07, 6.45) is 4.72. The predicted octanol–water partition coefficient (Wildman–Crippen LogP) is 2.67. The number of benzene rings is 1. The topological polar surface area (TPSA) is 70.2 Å². The second kappa shape index (κ2) is 7.66. The first kappa shape index (κ1) is 17.4. The lowest BCUT2D eigenvalue weighted by atomic mass is 9.67. The number of hydrogen-bond acceptors (Lipinski definition) is 3. The summed E-state index contributed by atoms with van der Waals surface area (Å²) < 4.78 is 0.972. The fourth-order valence-electron chi connectivity index (χ4n) is 3.91. The van der Waals surface area contributed by atoms with Crippen LogP contribution in [-0.2, 0) is 9.59 Å². The Morgan fingerprint density at radius 1 is 1.25 bits per heavy atom. The summed E-state index contributed by atoms with van der Waals surface area (Å²) in [6.45, 7) is 2.10. The van der Waals surface area contributed by atoms with Gasteiger partial charge in [-0.3, -0.25) is 9.59 Å². The molecule has 1 aromatic rings. The van der Waals surface area contributed by atoms with Gasteiger partial charge in [0.2, 0.25) is 11.8 Å². The van der Waals surface area contributed by atoms with Gasteiger partial charge in [-0.05, 0) is 49.6 Å². The van der Waals surface area contributed by atoms with Crippen molar-refractivity contribution in [3.05, 3.63) is 28.7 Å². The van der Waals surface area contributed by atoms with Crippen LogP contribution in [0.5, 0.6) is 0 Å². The summed E-state index contributed by atoms with van der Waals surface area (Å²) in [4.78, 5) is 24.7. The fourth-order valence-corrected chi connectivity index (χ4v) is 4.18. The SMILES string of the molecule is O=C(CCNC(=O)[C@@]12CCCC[C@H]1CNC2)Nc1ccc(Br)cc1. The zero-order valence-corrected chi connectivity index (χ0v) is 15.3. The average molecular weight is 394 g/mol. The summed E-state index contributed by atoms with van der Waals surface area (Å²) in [6, 6.07) is 7.45. The molecule has 0 bridgehead atoms. The zero-order chi connectivity index (χ0) is 17.0. The highest BCUT2D eigenvalue weighted by molar-refractivity contribution is 9.10. The Hall–Kier alpha value is -1.40. The van der Waals surface area contributed by atoms with E-state index in [9.17, 15) is 9.59 Å². The summed E-state index contributed by atoms with van der Waals surface area (Å²) in [7, 11) is 0. The molecule has 1 saturated heterocycles. The van der Waals surface area contributed by atoms with E-state index in [1.165, 1.54) is 6.42 Å². The van der Waals surface area contributed by atoms with Crippen LogP contribution < -0.4 is 16.0 Å². The standard InChI is InChI=1S/C18H24BrN3O2/c19-14-4-6-15(7-5-14)22-16(23)8-10-21-17(24)18-9-2-1-3-13(18)11-20-12-18/h4-7,13,20H,1-3,8-12H2,(H,21,24)(H,22,23)/t13-,18+/m0/s1. The summed E-state index contributed by atoms with van der Waals surface area (Å²) in [5, 5.41) is 9.22. The molecule has 0 unspecified atom stereocenters. The molecule has 2 aliphatic rings. The second-order valence-corrected chi connectivity index (χ2v) is 7.71. The van der Waals surface area contributed by atoms with Gasteiger partial charge in [0, 0.05) is 29.7 Å². The third-order valence-corrected chi connectivity index (χ3v) is 5.78. The second-order valence-electron chi connectivity index (χ2n) is 6.79. The van der Waals surface area contributed by atoms with Crippen molar-refractivity contribution in [2.24, 2.45) is 11.3 Å². The summed E-state index contributed by atoms with van der Waals surface area (Å²) >= 11 is 3.36. The average Bonchev–Trinajstić information content (AvgIpc) is 3.02. The van der Waals surface area contributed by atoms with Crippen molar-refractivity contribution in [3.63, 3.8) is 0 Å². The van der Waals surface area contributed by atoms with E-state index in [4.69, 9.17) is 0 Å². The molecule has 130 valence electrons. The molecule has 1 aliphatic heterocycles. The largest absolute Gasteiger partial charge is 0.355 e. The van der Waals surface area contributed by atoms with Gasteiger partial charge in [-0.2, -0.15) is 0 Å². The maximum absolute atomic E-state index is 12.7. The number of nitrogens with one attached hydrogen (secondary N) is 3. The monoisotopic (exact) mass is 393 g/mol. The van der Waals surface area contributed by atoms with E-state index < -0.39 is 0 Å². The normalized spacial score (nSPS) is 25.8. The van der Waals surface area contributed by atoms with Crippen LogP contribution in [0.4, 0.5) is 5.69 Å². The highest BCUT2D eigenvalue weighted by Crippen LogP contribution is 2.43. The molecule has 2 atom stereocenters. The minimum absolute atomic E-state index is 0.0835. The lowest BCUT2D eigenvalue weighted by molar-refractivity contribution is -0.134. The third kappa shape index (κ3) is 3.81. The van der Waals surface area contributed by atoms with Crippen molar-refractivity contribution in [2.45, 2.75) is 32.1 Å². The first-order valence-electron chi connectivity index (χ1n) is 8.65. The van der Waals surface area contributed by atoms with Crippen molar-refractivity contribution < 1.29 is 9.59 Å². The molecule has 1 saturated carbocycles. The number of amides is 2. The Bertz CT molecular complexity index is 605. The van der Waals surface area contributed by atoms with Gasteiger partial charge in [0.1, 0.15) is 0 Å². The number of anilines is 1. The van der Waals surface area contributed by atoms with Crippen LogP contribution in [0.25, 0.3) is 0 Å². The van der Waals surface area contributed by atoms with E-state index in [2.05, 4.69) is 31.9 Å². The Balaban J connectivity index is 1.46. The van der Waals surface area contributed by atoms with Crippen LogP contribution in [0, 0.1) is 11.3 Å². The quantitative estimate of drug-likeness (QED) is 0.719. The van der Waals surface area contributed by atoms with Crippen LogP contribution in [0.3, 0.4) is 0 Å². The van der Waals surface area contributed by atoms with E-state index in [1.807, 2.05) is 24.3 Å². The van der Waals surface area contributed by atoms with E-state index in [0.717, 1.165) is 42.5 Å². The molecule has 1 aromatic carbocycles. The van der Waals surface area contributed by atoms with Gasteiger partial charge in [0.25, 0.3) is 0 Å². The van der Waals surface area contributed by atoms with Gasteiger partial charge in [-0.1, -0.05) is 28.8 Å². The summed E-state index contributed by atoms with van der Waals surface area (Å²) in [5.74, 6) is 0.483. The maximum atomic E-state index is 12.7. The Morgan fingerprint density at radius 2 is 2.04 bits per heavy atom. The number of hydrogen-bond donors (Lipinski definition) is 3. The van der Waals surface area contributed by atoms with Crippen LogP contribution in [0.15, 0.2) is 28.7 Å². The molecule has 5 nitrogen and oxygen atoms in total. The maximum Gasteiger partial charge on any atom is 0.227 e. The Kier molecular flexibility index (Phi) is 5.56. The van der Waals surface area contributed by atoms with Gasteiger partial charge >= 0.3 is 0 Å². The molecule has 24 heavy (non-hydrogen) atoms. The number of rotatable bonds is 5. The lowest BCUT2D eigenvalue weighted by Gasteiger charge is -2.37. The molecule has 0 radical (unpaired) electrons. The van der Waals surface area contributed by atoms with Gasteiger partial charge in [-0.15, -0.1) is 0 Å². The number of carbonyl (C=O) groups is 2. The molecule has 1 aliphatic carbocycles. The molecule has 1 heterocycles. The fraction of sp³-hybridized carbons (Fsp3) is 0.556. The molecule has 3 N–H and O–H groups in total. The third-order valence-electron chi connectivity index (χ3n) is 5.26. The lowest BCUT2D eigenvalue weighted by Crippen LogP contribution is -2.48. The molecule has 2 fully saturated rings. The van der Waals surface area contributed by atoms with E-state index in [1.54, 1.807) is 0 Å². The minimum Gasteiger partial charge on any atom is -0.355 e. The van der Waals surface area contributed by atoms with Gasteiger partial charge in [0.15, 0.2) is 0 Å². The highest BCUT2D eigenvalue weighted by Gasteiger charge is 2.49. The molecule has 2 amide bonds. The zero-order valence-electron chi connectivity index (χ0n) is 13.7.